The van der Waals surface area contributed by atoms with Crippen LogP contribution in [0.4, 0.5) is 11.4 Å². The van der Waals surface area contributed by atoms with E-state index in [0.29, 0.717) is 36.9 Å². The van der Waals surface area contributed by atoms with Crippen molar-refractivity contribution in [3.8, 4) is 11.5 Å². The number of anilines is 1. The van der Waals surface area contributed by atoms with E-state index in [2.05, 4.69) is 0 Å². The highest BCUT2D eigenvalue weighted by atomic mass is 16.6. The fraction of sp³-hybridized carbons (Fsp3) is 0.538. The number of aliphatic hydroxyl groups excluding tert-OH is 1. The minimum atomic E-state index is -0.471. The van der Waals surface area contributed by atoms with Gasteiger partial charge in [0.15, 0.2) is 11.5 Å². The molecule has 8 nitrogen and oxygen atoms in total. The van der Waals surface area contributed by atoms with E-state index in [1.165, 1.54) is 20.3 Å². The Balaban J connectivity index is 2.51. The molecule has 0 radical (unpaired) electrons. The van der Waals surface area contributed by atoms with Crippen molar-refractivity contribution >= 4 is 11.4 Å². The highest BCUT2D eigenvalue weighted by Crippen LogP contribution is 2.40. The lowest BCUT2D eigenvalue weighted by atomic mass is 10.1. The molecular formula is C13H18N2O6. The summed E-state index contributed by atoms with van der Waals surface area (Å²) in [4.78, 5) is 12.6. The third kappa shape index (κ3) is 3.01. The molecule has 21 heavy (non-hydrogen) atoms. The summed E-state index contributed by atoms with van der Waals surface area (Å²) in [5, 5.41) is 20.7. The molecule has 0 bridgehead atoms. The van der Waals surface area contributed by atoms with E-state index in [9.17, 15) is 15.2 Å². The van der Waals surface area contributed by atoms with Crippen LogP contribution in [0.1, 0.15) is 0 Å². The number of hydrogen-bond donors (Lipinski definition) is 1. The molecule has 1 N–H and O–H groups in total. The minimum Gasteiger partial charge on any atom is -0.493 e. The van der Waals surface area contributed by atoms with Gasteiger partial charge in [-0.15, -0.1) is 0 Å². The normalized spacial score (nSPS) is 18.4. The summed E-state index contributed by atoms with van der Waals surface area (Å²) in [5.41, 5.74) is 0.299. The smallest absolute Gasteiger partial charge is 0.296 e. The SMILES string of the molecule is COc1cc(N2CCOCC2CO)c([N+](=O)[O-])cc1OC. The van der Waals surface area contributed by atoms with Gasteiger partial charge in [-0.1, -0.05) is 0 Å². The number of ether oxygens (including phenoxy) is 3. The molecule has 1 aromatic rings. The first kappa shape index (κ1) is 15.3. The Morgan fingerprint density at radius 2 is 2.10 bits per heavy atom. The number of morpholine rings is 1. The monoisotopic (exact) mass is 298 g/mol. The van der Waals surface area contributed by atoms with Gasteiger partial charge in [0, 0.05) is 12.6 Å². The van der Waals surface area contributed by atoms with Crippen molar-refractivity contribution in [1.29, 1.82) is 0 Å². The first-order chi connectivity index (χ1) is 10.1. The molecule has 0 saturated carbocycles. The number of aliphatic hydroxyl groups is 1. The number of nitrogens with zero attached hydrogens (tertiary/aromatic N) is 2. The van der Waals surface area contributed by atoms with Crippen molar-refractivity contribution in [3.63, 3.8) is 0 Å². The van der Waals surface area contributed by atoms with Crippen molar-refractivity contribution in [3.05, 3.63) is 22.2 Å². The van der Waals surface area contributed by atoms with E-state index in [4.69, 9.17) is 14.2 Å². The maximum absolute atomic E-state index is 11.3. The number of benzene rings is 1. The van der Waals surface area contributed by atoms with Crippen LogP contribution in [-0.4, -0.2) is 56.7 Å². The predicted molar refractivity (Wildman–Crippen MR) is 75.2 cm³/mol. The van der Waals surface area contributed by atoms with Crippen LogP contribution in [0.25, 0.3) is 0 Å². The van der Waals surface area contributed by atoms with Gasteiger partial charge in [0.2, 0.25) is 0 Å². The van der Waals surface area contributed by atoms with Gasteiger partial charge in [-0.05, 0) is 0 Å². The Labute approximate surface area is 122 Å². The molecule has 0 aromatic heterocycles. The summed E-state index contributed by atoms with van der Waals surface area (Å²) in [5.74, 6) is 0.697. The fourth-order valence-electron chi connectivity index (χ4n) is 2.36. The Bertz CT molecular complexity index is 522. The maximum atomic E-state index is 11.3. The summed E-state index contributed by atoms with van der Waals surface area (Å²) in [6, 6.07) is 2.57. The molecule has 1 unspecified atom stereocenters. The molecule has 0 amide bonds. The number of nitro benzene ring substituents is 1. The maximum Gasteiger partial charge on any atom is 0.296 e. The minimum absolute atomic E-state index is 0.0898. The summed E-state index contributed by atoms with van der Waals surface area (Å²) < 4.78 is 15.6. The number of nitro groups is 1. The van der Waals surface area contributed by atoms with Crippen molar-refractivity contribution in [2.45, 2.75) is 6.04 Å². The van der Waals surface area contributed by atoms with Gasteiger partial charge in [-0.2, -0.15) is 0 Å². The van der Waals surface area contributed by atoms with Gasteiger partial charge in [0.05, 0.1) is 51.1 Å². The standard InChI is InChI=1S/C13H18N2O6/c1-19-12-5-10(11(15(17)18)6-13(12)20-2)14-3-4-21-8-9(14)7-16/h5-6,9,16H,3-4,7-8H2,1-2H3. The van der Waals surface area contributed by atoms with Crippen molar-refractivity contribution < 1.29 is 24.2 Å². The molecule has 1 fully saturated rings. The van der Waals surface area contributed by atoms with Gasteiger partial charge in [-0.25, -0.2) is 0 Å². The zero-order valence-corrected chi connectivity index (χ0v) is 11.9. The molecule has 1 saturated heterocycles. The molecule has 116 valence electrons. The van der Waals surface area contributed by atoms with E-state index in [1.54, 1.807) is 11.0 Å². The number of methoxy groups -OCH3 is 2. The lowest BCUT2D eigenvalue weighted by molar-refractivity contribution is -0.384. The summed E-state index contributed by atoms with van der Waals surface area (Å²) in [6.07, 6.45) is 0. The van der Waals surface area contributed by atoms with Crippen LogP contribution in [0.3, 0.4) is 0 Å². The van der Waals surface area contributed by atoms with Gasteiger partial charge in [-0.3, -0.25) is 10.1 Å². The lowest BCUT2D eigenvalue weighted by Gasteiger charge is -2.36. The summed E-state index contributed by atoms with van der Waals surface area (Å²) in [7, 11) is 2.89. The molecule has 0 spiro atoms. The number of hydrogen-bond acceptors (Lipinski definition) is 7. The average Bonchev–Trinajstić information content (AvgIpc) is 2.53. The second kappa shape index (κ2) is 6.59. The summed E-state index contributed by atoms with van der Waals surface area (Å²) in [6.45, 7) is 1.08. The van der Waals surface area contributed by atoms with Crippen LogP contribution in [0.2, 0.25) is 0 Å². The topological polar surface area (TPSA) is 94.3 Å². The second-order valence-electron chi connectivity index (χ2n) is 4.56. The van der Waals surface area contributed by atoms with E-state index in [0.717, 1.165) is 0 Å². The molecule has 1 aromatic carbocycles. The highest BCUT2D eigenvalue weighted by Gasteiger charge is 2.30. The van der Waals surface area contributed by atoms with Gasteiger partial charge in [0.25, 0.3) is 5.69 Å². The Morgan fingerprint density at radius 3 is 2.67 bits per heavy atom. The molecule has 1 aliphatic heterocycles. The van der Waals surface area contributed by atoms with Crippen LogP contribution in [-0.2, 0) is 4.74 Å². The van der Waals surface area contributed by atoms with E-state index < -0.39 is 4.92 Å². The lowest BCUT2D eigenvalue weighted by Crippen LogP contribution is -2.47. The van der Waals surface area contributed by atoms with Crippen LogP contribution in [0.15, 0.2) is 12.1 Å². The number of rotatable bonds is 5. The van der Waals surface area contributed by atoms with Crippen LogP contribution in [0, 0.1) is 10.1 Å². The Hall–Kier alpha value is -2.06. The fourth-order valence-corrected chi connectivity index (χ4v) is 2.36. The molecule has 2 rings (SSSR count). The molecule has 8 heteroatoms. The van der Waals surface area contributed by atoms with Gasteiger partial charge >= 0.3 is 0 Å². The van der Waals surface area contributed by atoms with E-state index in [1.807, 2.05) is 0 Å². The predicted octanol–water partition coefficient (Wildman–Crippen LogP) is 0.810. The Kier molecular flexibility index (Phi) is 4.81. The average molecular weight is 298 g/mol. The third-order valence-corrected chi connectivity index (χ3v) is 3.43. The van der Waals surface area contributed by atoms with Crippen molar-refractivity contribution in [2.24, 2.45) is 0 Å². The first-order valence-electron chi connectivity index (χ1n) is 6.48. The molecular weight excluding hydrogens is 280 g/mol. The molecule has 1 atom stereocenters. The molecule has 1 aliphatic rings. The zero-order valence-electron chi connectivity index (χ0n) is 11.9. The van der Waals surface area contributed by atoms with Crippen molar-refractivity contribution in [1.82, 2.24) is 0 Å². The summed E-state index contributed by atoms with van der Waals surface area (Å²) >= 11 is 0. The first-order valence-corrected chi connectivity index (χ1v) is 6.48. The Morgan fingerprint density at radius 1 is 1.43 bits per heavy atom. The zero-order chi connectivity index (χ0) is 15.4. The second-order valence-corrected chi connectivity index (χ2v) is 4.56. The molecule has 0 aliphatic carbocycles. The van der Waals surface area contributed by atoms with Gasteiger partial charge < -0.3 is 24.2 Å². The third-order valence-electron chi connectivity index (χ3n) is 3.43. The van der Waals surface area contributed by atoms with Crippen LogP contribution >= 0.6 is 0 Å². The quantitative estimate of drug-likeness (QED) is 0.635. The van der Waals surface area contributed by atoms with Gasteiger partial charge in [0.1, 0.15) is 5.69 Å². The van der Waals surface area contributed by atoms with Crippen molar-refractivity contribution in [2.75, 3.05) is 45.5 Å². The largest absolute Gasteiger partial charge is 0.493 e. The van der Waals surface area contributed by atoms with Crippen LogP contribution < -0.4 is 14.4 Å². The van der Waals surface area contributed by atoms with Crippen LogP contribution in [0.5, 0.6) is 11.5 Å². The van der Waals surface area contributed by atoms with E-state index >= 15 is 0 Å². The van der Waals surface area contributed by atoms with E-state index in [-0.39, 0.29) is 18.3 Å². The molecule has 1 heterocycles. The highest BCUT2D eigenvalue weighted by molar-refractivity contribution is 5.70.